The van der Waals surface area contributed by atoms with E-state index in [-0.39, 0.29) is 11.8 Å². The van der Waals surface area contributed by atoms with Crippen LogP contribution >= 0.6 is 0 Å². The van der Waals surface area contributed by atoms with E-state index in [0.717, 1.165) is 32.4 Å². The third kappa shape index (κ3) is 11.6. The van der Waals surface area contributed by atoms with Gasteiger partial charge in [-0.25, -0.2) is 0 Å². The molecular formula is C15H29NO2. The van der Waals surface area contributed by atoms with E-state index in [1.165, 1.54) is 0 Å². The zero-order valence-electron chi connectivity index (χ0n) is 12.4. The highest BCUT2D eigenvalue weighted by Gasteiger charge is 2.04. The third-order valence-electron chi connectivity index (χ3n) is 2.45. The summed E-state index contributed by atoms with van der Waals surface area (Å²) in [6.45, 7) is 10.4. The molecule has 0 saturated carbocycles. The van der Waals surface area contributed by atoms with Gasteiger partial charge < -0.3 is 10.1 Å². The van der Waals surface area contributed by atoms with Crippen LogP contribution in [0.1, 0.15) is 47.0 Å². The van der Waals surface area contributed by atoms with Crippen molar-refractivity contribution in [3.8, 4) is 0 Å². The first-order valence-corrected chi connectivity index (χ1v) is 7.04. The van der Waals surface area contributed by atoms with Crippen molar-refractivity contribution in [2.75, 3.05) is 19.8 Å². The van der Waals surface area contributed by atoms with Crippen LogP contribution in [-0.4, -0.2) is 25.7 Å². The van der Waals surface area contributed by atoms with Crippen LogP contribution < -0.4 is 5.32 Å². The number of rotatable bonds is 10. The lowest BCUT2D eigenvalue weighted by Crippen LogP contribution is -2.28. The minimum Gasteiger partial charge on any atom is -0.377 e. The standard InChI is InChI=1S/C15H29NO2/c1-13(2)12-18-11-9-7-5-6-8-10-16-15(17)14(3)4/h7,9,13-14H,5-6,8,10-12H2,1-4H3,(H,16,17)/b9-7+. The SMILES string of the molecule is CC(C)COC/C=C/CCCCNC(=O)C(C)C. The number of ether oxygens (including phenoxy) is 1. The maximum Gasteiger partial charge on any atom is 0.222 e. The van der Waals surface area contributed by atoms with Crippen molar-refractivity contribution in [2.45, 2.75) is 47.0 Å². The van der Waals surface area contributed by atoms with Crippen molar-refractivity contribution in [1.29, 1.82) is 0 Å². The second kappa shape index (κ2) is 11.3. The Bertz CT molecular complexity index is 235. The van der Waals surface area contributed by atoms with Gasteiger partial charge in [0.2, 0.25) is 5.91 Å². The third-order valence-corrected chi connectivity index (χ3v) is 2.45. The van der Waals surface area contributed by atoms with Crippen LogP contribution in [0.25, 0.3) is 0 Å². The van der Waals surface area contributed by atoms with Gasteiger partial charge in [-0.3, -0.25) is 4.79 Å². The predicted octanol–water partition coefficient (Wildman–Crippen LogP) is 3.16. The molecule has 0 aromatic heterocycles. The van der Waals surface area contributed by atoms with E-state index in [9.17, 15) is 4.79 Å². The molecule has 0 atom stereocenters. The molecule has 0 aliphatic rings. The highest BCUT2D eigenvalue weighted by atomic mass is 16.5. The van der Waals surface area contributed by atoms with E-state index in [1.54, 1.807) is 0 Å². The number of nitrogens with one attached hydrogen (secondary N) is 1. The van der Waals surface area contributed by atoms with Crippen molar-refractivity contribution in [3.05, 3.63) is 12.2 Å². The Morgan fingerprint density at radius 2 is 1.89 bits per heavy atom. The second-order valence-electron chi connectivity index (χ2n) is 5.34. The molecule has 0 aromatic carbocycles. The van der Waals surface area contributed by atoms with Crippen molar-refractivity contribution < 1.29 is 9.53 Å². The predicted molar refractivity (Wildman–Crippen MR) is 76.5 cm³/mol. The van der Waals surface area contributed by atoms with E-state index in [4.69, 9.17) is 4.74 Å². The number of unbranched alkanes of at least 4 members (excludes halogenated alkanes) is 2. The van der Waals surface area contributed by atoms with E-state index in [0.29, 0.717) is 12.5 Å². The van der Waals surface area contributed by atoms with Gasteiger partial charge in [0.05, 0.1) is 6.61 Å². The molecule has 0 spiro atoms. The molecule has 0 fully saturated rings. The van der Waals surface area contributed by atoms with Crippen LogP contribution in [0.3, 0.4) is 0 Å². The van der Waals surface area contributed by atoms with Gasteiger partial charge in [0.1, 0.15) is 0 Å². The molecule has 106 valence electrons. The Morgan fingerprint density at radius 1 is 1.17 bits per heavy atom. The Morgan fingerprint density at radius 3 is 2.50 bits per heavy atom. The van der Waals surface area contributed by atoms with E-state index < -0.39 is 0 Å². The molecule has 0 heterocycles. The summed E-state index contributed by atoms with van der Waals surface area (Å²) in [7, 11) is 0. The van der Waals surface area contributed by atoms with Crippen molar-refractivity contribution in [1.82, 2.24) is 5.32 Å². The Labute approximate surface area is 112 Å². The summed E-state index contributed by atoms with van der Waals surface area (Å²) >= 11 is 0. The monoisotopic (exact) mass is 255 g/mol. The van der Waals surface area contributed by atoms with Crippen LogP contribution in [0.5, 0.6) is 0 Å². The molecule has 0 saturated heterocycles. The number of carbonyl (C=O) groups excluding carboxylic acids is 1. The largest absolute Gasteiger partial charge is 0.377 e. The lowest BCUT2D eigenvalue weighted by Gasteiger charge is -2.06. The second-order valence-corrected chi connectivity index (χ2v) is 5.34. The molecule has 1 N–H and O–H groups in total. The van der Waals surface area contributed by atoms with Crippen molar-refractivity contribution >= 4 is 5.91 Å². The van der Waals surface area contributed by atoms with Crippen LogP contribution in [0, 0.1) is 11.8 Å². The van der Waals surface area contributed by atoms with Gasteiger partial charge >= 0.3 is 0 Å². The summed E-state index contributed by atoms with van der Waals surface area (Å²) in [5.41, 5.74) is 0. The molecule has 1 amide bonds. The van der Waals surface area contributed by atoms with E-state index in [1.807, 2.05) is 13.8 Å². The highest BCUT2D eigenvalue weighted by Crippen LogP contribution is 1.98. The molecule has 0 aliphatic heterocycles. The molecule has 0 radical (unpaired) electrons. The van der Waals surface area contributed by atoms with Gasteiger partial charge in [0, 0.05) is 19.1 Å². The lowest BCUT2D eigenvalue weighted by atomic mass is 10.2. The number of hydrogen-bond donors (Lipinski definition) is 1. The normalized spacial score (nSPS) is 11.7. The quantitative estimate of drug-likeness (QED) is 0.481. The zero-order valence-corrected chi connectivity index (χ0v) is 12.4. The maximum atomic E-state index is 11.3. The minimum absolute atomic E-state index is 0.0861. The molecular weight excluding hydrogens is 226 g/mol. The average molecular weight is 255 g/mol. The lowest BCUT2D eigenvalue weighted by molar-refractivity contribution is -0.123. The van der Waals surface area contributed by atoms with Gasteiger partial charge in [-0.2, -0.15) is 0 Å². The summed E-state index contributed by atoms with van der Waals surface area (Å²) in [6.07, 6.45) is 7.44. The fraction of sp³-hybridized carbons (Fsp3) is 0.800. The fourth-order valence-corrected chi connectivity index (χ4v) is 1.36. The summed E-state index contributed by atoms with van der Waals surface area (Å²) in [6, 6.07) is 0. The first-order chi connectivity index (χ1) is 8.54. The van der Waals surface area contributed by atoms with Gasteiger partial charge in [0.25, 0.3) is 0 Å². The molecule has 0 aliphatic carbocycles. The first-order valence-electron chi connectivity index (χ1n) is 7.04. The molecule has 0 rings (SSSR count). The molecule has 3 heteroatoms. The van der Waals surface area contributed by atoms with Gasteiger partial charge in [-0.1, -0.05) is 39.8 Å². The highest BCUT2D eigenvalue weighted by molar-refractivity contribution is 5.77. The van der Waals surface area contributed by atoms with Crippen LogP contribution in [0.15, 0.2) is 12.2 Å². The van der Waals surface area contributed by atoms with Gasteiger partial charge in [-0.15, -0.1) is 0 Å². The summed E-state index contributed by atoms with van der Waals surface area (Å²) < 4.78 is 5.44. The number of allylic oxidation sites excluding steroid dienone is 1. The molecule has 3 nitrogen and oxygen atoms in total. The zero-order chi connectivity index (χ0) is 13.8. The Balaban J connectivity index is 3.25. The number of amides is 1. The first kappa shape index (κ1) is 17.2. The molecule has 18 heavy (non-hydrogen) atoms. The van der Waals surface area contributed by atoms with Crippen LogP contribution in [0.2, 0.25) is 0 Å². The summed E-state index contributed by atoms with van der Waals surface area (Å²) in [5, 5.41) is 2.92. The van der Waals surface area contributed by atoms with E-state index >= 15 is 0 Å². The van der Waals surface area contributed by atoms with Crippen molar-refractivity contribution in [2.24, 2.45) is 11.8 Å². The van der Waals surface area contributed by atoms with Crippen LogP contribution in [0.4, 0.5) is 0 Å². The summed E-state index contributed by atoms with van der Waals surface area (Å²) in [4.78, 5) is 11.3. The number of carbonyl (C=O) groups is 1. The number of hydrogen-bond acceptors (Lipinski definition) is 2. The average Bonchev–Trinajstić information content (AvgIpc) is 2.30. The topological polar surface area (TPSA) is 38.3 Å². The van der Waals surface area contributed by atoms with Crippen LogP contribution in [-0.2, 0) is 9.53 Å². The smallest absolute Gasteiger partial charge is 0.222 e. The maximum absolute atomic E-state index is 11.3. The molecule has 0 bridgehead atoms. The Kier molecular flexibility index (Phi) is 10.8. The fourth-order valence-electron chi connectivity index (χ4n) is 1.36. The Hall–Kier alpha value is -0.830. The molecule has 0 unspecified atom stereocenters. The van der Waals surface area contributed by atoms with Gasteiger partial charge in [-0.05, 0) is 25.2 Å². The molecule has 0 aromatic rings. The van der Waals surface area contributed by atoms with Crippen molar-refractivity contribution in [3.63, 3.8) is 0 Å². The minimum atomic E-state index is 0.0861. The van der Waals surface area contributed by atoms with Gasteiger partial charge in [0.15, 0.2) is 0 Å². The summed E-state index contributed by atoms with van der Waals surface area (Å²) in [5.74, 6) is 0.832. The van der Waals surface area contributed by atoms with E-state index in [2.05, 4.69) is 31.3 Å².